The number of unbranched alkanes of at least 4 members (excludes halogenated alkanes) is 1. The van der Waals surface area contributed by atoms with Crippen molar-refractivity contribution in [3.63, 3.8) is 0 Å². The van der Waals surface area contributed by atoms with Gasteiger partial charge in [-0.1, -0.05) is 26.2 Å². The van der Waals surface area contributed by atoms with Gasteiger partial charge in [0.25, 0.3) is 0 Å². The lowest BCUT2D eigenvalue weighted by atomic mass is 9.65. The van der Waals surface area contributed by atoms with E-state index in [9.17, 15) is 5.11 Å². The van der Waals surface area contributed by atoms with Gasteiger partial charge in [-0.25, -0.2) is 0 Å². The van der Waals surface area contributed by atoms with Gasteiger partial charge in [-0.15, -0.1) is 0 Å². The molecule has 0 unspecified atom stereocenters. The van der Waals surface area contributed by atoms with Crippen molar-refractivity contribution in [2.45, 2.75) is 76.4 Å². The van der Waals surface area contributed by atoms with Gasteiger partial charge in [0.2, 0.25) is 0 Å². The summed E-state index contributed by atoms with van der Waals surface area (Å²) in [6.07, 6.45) is 11.2. The van der Waals surface area contributed by atoms with Crippen molar-refractivity contribution in [2.75, 3.05) is 6.54 Å². The van der Waals surface area contributed by atoms with Crippen LogP contribution in [-0.2, 0) is 0 Å². The van der Waals surface area contributed by atoms with Crippen molar-refractivity contribution in [3.8, 4) is 0 Å². The first kappa shape index (κ1) is 12.4. The van der Waals surface area contributed by atoms with Crippen LogP contribution in [0.15, 0.2) is 0 Å². The van der Waals surface area contributed by atoms with Gasteiger partial charge >= 0.3 is 0 Å². The Bertz CT molecular complexity index is 205. The quantitative estimate of drug-likeness (QED) is 0.774. The maximum absolute atomic E-state index is 10.3. The van der Waals surface area contributed by atoms with Crippen LogP contribution in [0, 0.1) is 5.92 Å². The molecule has 1 spiro atoms. The molecule has 1 saturated heterocycles. The van der Waals surface area contributed by atoms with Gasteiger partial charge in [-0.3, -0.25) is 0 Å². The van der Waals surface area contributed by atoms with Crippen LogP contribution in [0.1, 0.15) is 64.7 Å². The molecule has 0 aromatic rings. The monoisotopic (exact) mass is 225 g/mol. The highest BCUT2D eigenvalue weighted by Crippen LogP contribution is 2.41. The SMILES string of the molecule is CCCC[C@@H]1[C@@H](O)CCC[C@]12CCCCN2. The summed E-state index contributed by atoms with van der Waals surface area (Å²) in [6.45, 7) is 3.41. The van der Waals surface area contributed by atoms with E-state index in [1.165, 1.54) is 51.4 Å². The molecule has 2 N–H and O–H groups in total. The molecule has 0 aromatic heterocycles. The Hall–Kier alpha value is -0.0800. The lowest BCUT2D eigenvalue weighted by molar-refractivity contribution is -0.0166. The standard InChI is InChI=1S/C14H27NO/c1-2-3-7-12-13(16)8-6-10-14(12)9-4-5-11-15-14/h12-13,15-16H,2-11H2,1H3/t12-,13+,14-/m1/s1. The number of piperidine rings is 1. The Morgan fingerprint density at radius 2 is 2.06 bits per heavy atom. The van der Waals surface area contributed by atoms with E-state index in [0.29, 0.717) is 11.5 Å². The predicted molar refractivity (Wildman–Crippen MR) is 67.5 cm³/mol. The van der Waals surface area contributed by atoms with Crippen LogP contribution in [0.2, 0.25) is 0 Å². The number of nitrogens with one attached hydrogen (secondary N) is 1. The second-order valence-corrected chi connectivity index (χ2v) is 5.75. The van der Waals surface area contributed by atoms with Crippen molar-refractivity contribution in [2.24, 2.45) is 5.92 Å². The fourth-order valence-corrected chi connectivity index (χ4v) is 3.80. The molecular formula is C14H27NO. The van der Waals surface area contributed by atoms with Gasteiger partial charge in [0.15, 0.2) is 0 Å². The summed E-state index contributed by atoms with van der Waals surface area (Å²) in [5, 5.41) is 14.0. The summed E-state index contributed by atoms with van der Waals surface area (Å²) in [6, 6.07) is 0. The van der Waals surface area contributed by atoms with E-state index in [-0.39, 0.29) is 6.10 Å². The fourth-order valence-electron chi connectivity index (χ4n) is 3.80. The van der Waals surface area contributed by atoms with E-state index in [1.807, 2.05) is 0 Å². The summed E-state index contributed by atoms with van der Waals surface area (Å²) in [7, 11) is 0. The number of hydrogen-bond donors (Lipinski definition) is 2. The number of aliphatic hydroxyl groups excluding tert-OH is 1. The van der Waals surface area contributed by atoms with E-state index >= 15 is 0 Å². The topological polar surface area (TPSA) is 32.3 Å². The van der Waals surface area contributed by atoms with Gasteiger partial charge in [0.1, 0.15) is 0 Å². The molecule has 16 heavy (non-hydrogen) atoms. The molecule has 1 heterocycles. The lowest BCUT2D eigenvalue weighted by Gasteiger charge is -2.50. The Kier molecular flexibility index (Phi) is 4.26. The maximum atomic E-state index is 10.3. The highest BCUT2D eigenvalue weighted by Gasteiger charge is 2.44. The van der Waals surface area contributed by atoms with E-state index < -0.39 is 0 Å². The lowest BCUT2D eigenvalue weighted by Crippen LogP contribution is -2.59. The van der Waals surface area contributed by atoms with Crippen LogP contribution >= 0.6 is 0 Å². The summed E-state index contributed by atoms with van der Waals surface area (Å²) in [4.78, 5) is 0. The first-order valence-corrected chi connectivity index (χ1v) is 7.21. The number of aliphatic hydroxyl groups is 1. The zero-order chi connectivity index (χ0) is 11.4. The average Bonchev–Trinajstić information content (AvgIpc) is 2.30. The highest BCUT2D eigenvalue weighted by atomic mass is 16.3. The van der Waals surface area contributed by atoms with E-state index in [4.69, 9.17) is 0 Å². The third kappa shape index (κ3) is 2.43. The zero-order valence-corrected chi connectivity index (χ0v) is 10.7. The van der Waals surface area contributed by atoms with Crippen molar-refractivity contribution in [3.05, 3.63) is 0 Å². The molecule has 94 valence electrons. The predicted octanol–water partition coefficient (Wildman–Crippen LogP) is 2.85. The van der Waals surface area contributed by atoms with Gasteiger partial charge in [-0.2, -0.15) is 0 Å². The average molecular weight is 225 g/mol. The Morgan fingerprint density at radius 1 is 1.25 bits per heavy atom. The molecule has 0 amide bonds. The molecule has 1 aliphatic heterocycles. The first-order chi connectivity index (χ1) is 7.78. The van der Waals surface area contributed by atoms with Gasteiger partial charge in [0, 0.05) is 11.5 Å². The fraction of sp³-hybridized carbons (Fsp3) is 1.00. The molecule has 3 atom stereocenters. The van der Waals surface area contributed by atoms with Crippen molar-refractivity contribution < 1.29 is 5.11 Å². The smallest absolute Gasteiger partial charge is 0.0586 e. The third-order valence-electron chi connectivity index (χ3n) is 4.69. The largest absolute Gasteiger partial charge is 0.393 e. The molecule has 0 aromatic carbocycles. The summed E-state index contributed by atoms with van der Waals surface area (Å²) in [5.74, 6) is 0.515. The van der Waals surface area contributed by atoms with Crippen molar-refractivity contribution in [1.29, 1.82) is 0 Å². The van der Waals surface area contributed by atoms with Gasteiger partial charge in [-0.05, 0) is 45.1 Å². The molecule has 2 fully saturated rings. The molecule has 2 heteroatoms. The zero-order valence-electron chi connectivity index (χ0n) is 10.7. The maximum Gasteiger partial charge on any atom is 0.0586 e. The summed E-state index contributed by atoms with van der Waals surface area (Å²) in [5.41, 5.74) is 0.297. The van der Waals surface area contributed by atoms with Crippen LogP contribution in [0.25, 0.3) is 0 Å². The number of rotatable bonds is 3. The normalized spacial score (nSPS) is 40.1. The third-order valence-corrected chi connectivity index (χ3v) is 4.69. The highest BCUT2D eigenvalue weighted by molar-refractivity contribution is 5.01. The minimum atomic E-state index is -0.0501. The summed E-state index contributed by atoms with van der Waals surface area (Å²) >= 11 is 0. The van der Waals surface area contributed by atoms with Crippen LogP contribution in [0.5, 0.6) is 0 Å². The van der Waals surface area contributed by atoms with Crippen molar-refractivity contribution >= 4 is 0 Å². The van der Waals surface area contributed by atoms with Crippen LogP contribution < -0.4 is 5.32 Å². The molecule has 2 rings (SSSR count). The molecular weight excluding hydrogens is 198 g/mol. The van der Waals surface area contributed by atoms with Gasteiger partial charge < -0.3 is 10.4 Å². The summed E-state index contributed by atoms with van der Waals surface area (Å²) < 4.78 is 0. The second-order valence-electron chi connectivity index (χ2n) is 5.75. The van der Waals surface area contributed by atoms with E-state index in [1.54, 1.807) is 0 Å². The molecule has 1 saturated carbocycles. The molecule has 1 aliphatic carbocycles. The van der Waals surface area contributed by atoms with Crippen LogP contribution in [0.3, 0.4) is 0 Å². The second kappa shape index (κ2) is 5.50. The van der Waals surface area contributed by atoms with Crippen LogP contribution in [-0.4, -0.2) is 23.3 Å². The molecule has 2 nitrogen and oxygen atoms in total. The molecule has 0 radical (unpaired) electrons. The Balaban J connectivity index is 2.05. The Labute approximate surface area is 99.8 Å². The Morgan fingerprint density at radius 3 is 2.75 bits per heavy atom. The molecule has 2 aliphatic rings. The number of hydrogen-bond acceptors (Lipinski definition) is 2. The van der Waals surface area contributed by atoms with E-state index in [0.717, 1.165) is 13.0 Å². The van der Waals surface area contributed by atoms with E-state index in [2.05, 4.69) is 12.2 Å². The minimum Gasteiger partial charge on any atom is -0.393 e. The van der Waals surface area contributed by atoms with Gasteiger partial charge in [0.05, 0.1) is 6.10 Å². The first-order valence-electron chi connectivity index (χ1n) is 7.21. The van der Waals surface area contributed by atoms with Crippen LogP contribution in [0.4, 0.5) is 0 Å². The molecule has 0 bridgehead atoms. The minimum absolute atomic E-state index is 0.0501. The van der Waals surface area contributed by atoms with Crippen molar-refractivity contribution in [1.82, 2.24) is 5.32 Å².